The van der Waals surface area contributed by atoms with Gasteiger partial charge in [-0.1, -0.05) is 12.1 Å². The van der Waals surface area contributed by atoms with Crippen LogP contribution in [0, 0.1) is 30.9 Å². The summed E-state index contributed by atoms with van der Waals surface area (Å²) in [5.41, 5.74) is 5.44. The minimum Gasteiger partial charge on any atom is -0.346 e. The number of hydrogen-bond donors (Lipinski definition) is 1. The van der Waals surface area contributed by atoms with Gasteiger partial charge in [-0.05, 0) is 73.7 Å². The molecular weight excluding hydrogens is 316 g/mol. The van der Waals surface area contributed by atoms with Gasteiger partial charge in [-0.15, -0.1) is 0 Å². The van der Waals surface area contributed by atoms with Crippen LogP contribution in [-0.2, 0) is 4.79 Å². The molecule has 130 valence electrons. The van der Waals surface area contributed by atoms with Crippen molar-refractivity contribution in [2.75, 3.05) is 0 Å². The third-order valence-corrected chi connectivity index (χ3v) is 4.24. The summed E-state index contributed by atoms with van der Waals surface area (Å²) >= 11 is 0. The lowest BCUT2D eigenvalue weighted by molar-refractivity contribution is -0.384. The minimum atomic E-state index is -0.451. The number of nitro groups is 1. The first-order chi connectivity index (χ1) is 11.8. The predicted molar refractivity (Wildman–Crippen MR) is 99.3 cm³/mol. The highest BCUT2D eigenvalue weighted by Gasteiger charge is 2.11. The van der Waals surface area contributed by atoms with Crippen molar-refractivity contribution in [1.82, 2.24) is 5.32 Å². The Hall–Kier alpha value is -2.95. The number of rotatable bonds is 5. The van der Waals surface area contributed by atoms with Crippen molar-refractivity contribution in [3.63, 3.8) is 0 Å². The molecule has 0 radical (unpaired) electrons. The molecule has 1 N–H and O–H groups in total. The highest BCUT2D eigenvalue weighted by atomic mass is 16.6. The Morgan fingerprint density at radius 1 is 1.08 bits per heavy atom. The van der Waals surface area contributed by atoms with Crippen LogP contribution >= 0.6 is 0 Å². The van der Waals surface area contributed by atoms with Gasteiger partial charge in [-0.2, -0.15) is 0 Å². The topological polar surface area (TPSA) is 72.2 Å². The van der Waals surface area contributed by atoms with Gasteiger partial charge in [-0.25, -0.2) is 0 Å². The van der Waals surface area contributed by atoms with Crippen molar-refractivity contribution in [2.45, 2.75) is 33.7 Å². The zero-order valence-corrected chi connectivity index (χ0v) is 14.9. The molecule has 0 saturated carbocycles. The molecular formula is C20H22N2O3. The number of nitrogens with one attached hydrogen (secondary N) is 1. The van der Waals surface area contributed by atoms with Gasteiger partial charge in [0, 0.05) is 18.2 Å². The fourth-order valence-corrected chi connectivity index (χ4v) is 2.67. The van der Waals surface area contributed by atoms with Crippen LogP contribution in [-0.4, -0.2) is 10.8 Å². The zero-order valence-electron chi connectivity index (χ0n) is 14.9. The van der Waals surface area contributed by atoms with E-state index in [-0.39, 0.29) is 17.6 Å². The van der Waals surface area contributed by atoms with E-state index in [2.05, 4.69) is 31.3 Å². The first-order valence-electron chi connectivity index (χ1n) is 8.08. The van der Waals surface area contributed by atoms with Crippen molar-refractivity contribution < 1.29 is 9.72 Å². The molecule has 0 aliphatic rings. The number of carbonyl (C=O) groups is 1. The quantitative estimate of drug-likeness (QED) is 0.498. The predicted octanol–water partition coefficient (Wildman–Crippen LogP) is 4.41. The Balaban J connectivity index is 2.04. The second-order valence-electron chi connectivity index (χ2n) is 6.21. The molecule has 0 fully saturated rings. The SMILES string of the molecule is Cc1cc(C)c([C@@H](C)NC(=O)/C=C/c2ccc([N+](=O)[O-])cc2)cc1C. The van der Waals surface area contributed by atoms with Gasteiger partial charge in [0.25, 0.3) is 5.69 Å². The molecule has 5 nitrogen and oxygen atoms in total. The molecule has 0 unspecified atom stereocenters. The summed E-state index contributed by atoms with van der Waals surface area (Å²) in [6, 6.07) is 10.2. The lowest BCUT2D eigenvalue weighted by Gasteiger charge is -2.17. The van der Waals surface area contributed by atoms with Gasteiger partial charge in [0.15, 0.2) is 0 Å². The van der Waals surface area contributed by atoms with E-state index in [1.807, 2.05) is 13.8 Å². The summed E-state index contributed by atoms with van der Waals surface area (Å²) in [6.07, 6.45) is 3.08. The summed E-state index contributed by atoms with van der Waals surface area (Å²) in [6.45, 7) is 8.12. The molecule has 0 aliphatic carbocycles. The number of nitro benzene ring substituents is 1. The first kappa shape index (κ1) is 18.4. The van der Waals surface area contributed by atoms with Crippen LogP contribution in [0.5, 0.6) is 0 Å². The first-order valence-corrected chi connectivity index (χ1v) is 8.08. The normalized spacial score (nSPS) is 12.2. The maximum Gasteiger partial charge on any atom is 0.269 e. The Bertz CT molecular complexity index is 824. The number of aryl methyl sites for hydroxylation is 3. The van der Waals surface area contributed by atoms with Crippen molar-refractivity contribution in [1.29, 1.82) is 0 Å². The van der Waals surface area contributed by atoms with E-state index >= 15 is 0 Å². The summed E-state index contributed by atoms with van der Waals surface area (Å²) in [7, 11) is 0. The van der Waals surface area contributed by atoms with Gasteiger partial charge in [0.05, 0.1) is 11.0 Å². The molecule has 2 rings (SSSR count). The third-order valence-electron chi connectivity index (χ3n) is 4.24. The fourth-order valence-electron chi connectivity index (χ4n) is 2.67. The number of amides is 1. The molecule has 1 atom stereocenters. The van der Waals surface area contributed by atoms with Gasteiger partial charge < -0.3 is 5.32 Å². The minimum absolute atomic E-state index is 0.0282. The lowest BCUT2D eigenvalue weighted by Crippen LogP contribution is -2.25. The summed E-state index contributed by atoms with van der Waals surface area (Å²) in [4.78, 5) is 22.3. The second-order valence-corrected chi connectivity index (χ2v) is 6.21. The second kappa shape index (κ2) is 7.75. The number of nitrogens with zero attached hydrogens (tertiary/aromatic N) is 1. The maximum absolute atomic E-state index is 12.1. The van der Waals surface area contributed by atoms with E-state index in [0.717, 1.165) is 16.7 Å². The van der Waals surface area contributed by atoms with Crippen LogP contribution in [0.15, 0.2) is 42.5 Å². The van der Waals surface area contributed by atoms with Crippen LogP contribution in [0.25, 0.3) is 6.08 Å². The number of benzene rings is 2. The third kappa shape index (κ3) is 4.76. The Morgan fingerprint density at radius 3 is 2.28 bits per heavy atom. The van der Waals surface area contributed by atoms with E-state index in [1.165, 1.54) is 29.3 Å². The number of non-ortho nitro benzene ring substituents is 1. The average molecular weight is 338 g/mol. The summed E-state index contributed by atoms with van der Waals surface area (Å²) in [5, 5.41) is 13.6. The number of hydrogen-bond acceptors (Lipinski definition) is 3. The zero-order chi connectivity index (χ0) is 18.6. The molecule has 0 aromatic heterocycles. The highest BCUT2D eigenvalue weighted by molar-refractivity contribution is 5.92. The molecule has 25 heavy (non-hydrogen) atoms. The van der Waals surface area contributed by atoms with E-state index in [1.54, 1.807) is 18.2 Å². The summed E-state index contributed by atoms with van der Waals surface area (Å²) < 4.78 is 0. The molecule has 2 aromatic rings. The summed E-state index contributed by atoms with van der Waals surface area (Å²) in [5.74, 6) is -0.205. The van der Waals surface area contributed by atoms with E-state index in [9.17, 15) is 14.9 Å². The molecule has 0 heterocycles. The van der Waals surface area contributed by atoms with Gasteiger partial charge in [0.2, 0.25) is 5.91 Å². The highest BCUT2D eigenvalue weighted by Crippen LogP contribution is 2.21. The van der Waals surface area contributed by atoms with Crippen LogP contribution in [0.1, 0.15) is 40.8 Å². The van der Waals surface area contributed by atoms with Crippen LogP contribution in [0.2, 0.25) is 0 Å². The standard InChI is InChI=1S/C20H22N2O3/c1-13-11-15(3)19(12-14(13)2)16(4)21-20(23)10-7-17-5-8-18(9-6-17)22(24)25/h5-12,16H,1-4H3,(H,21,23)/b10-7+/t16-/m1/s1. The maximum atomic E-state index is 12.1. The van der Waals surface area contributed by atoms with Crippen molar-refractivity contribution in [2.24, 2.45) is 0 Å². The van der Waals surface area contributed by atoms with Gasteiger partial charge >= 0.3 is 0 Å². The Morgan fingerprint density at radius 2 is 1.68 bits per heavy atom. The van der Waals surface area contributed by atoms with Crippen molar-refractivity contribution in [3.05, 3.63) is 80.4 Å². The molecule has 2 aromatic carbocycles. The monoisotopic (exact) mass is 338 g/mol. The van der Waals surface area contributed by atoms with Crippen molar-refractivity contribution in [3.8, 4) is 0 Å². The van der Waals surface area contributed by atoms with E-state index in [0.29, 0.717) is 0 Å². The van der Waals surface area contributed by atoms with Crippen LogP contribution in [0.4, 0.5) is 5.69 Å². The Kier molecular flexibility index (Phi) is 5.70. The van der Waals surface area contributed by atoms with E-state index in [4.69, 9.17) is 0 Å². The van der Waals surface area contributed by atoms with Crippen LogP contribution in [0.3, 0.4) is 0 Å². The molecule has 5 heteroatoms. The van der Waals surface area contributed by atoms with Crippen molar-refractivity contribution >= 4 is 17.7 Å². The molecule has 1 amide bonds. The molecule has 0 spiro atoms. The van der Waals surface area contributed by atoms with Gasteiger partial charge in [0.1, 0.15) is 0 Å². The Labute approximate surface area is 147 Å². The number of carbonyl (C=O) groups excluding carboxylic acids is 1. The average Bonchev–Trinajstić information content (AvgIpc) is 2.56. The molecule has 0 saturated heterocycles. The largest absolute Gasteiger partial charge is 0.346 e. The van der Waals surface area contributed by atoms with E-state index < -0.39 is 4.92 Å². The smallest absolute Gasteiger partial charge is 0.269 e. The van der Waals surface area contributed by atoms with Crippen LogP contribution < -0.4 is 5.32 Å². The molecule has 0 bridgehead atoms. The van der Waals surface area contributed by atoms with Gasteiger partial charge in [-0.3, -0.25) is 14.9 Å². The fraction of sp³-hybridized carbons (Fsp3) is 0.250. The molecule has 0 aliphatic heterocycles. The lowest BCUT2D eigenvalue weighted by atomic mass is 9.96.